The SMILES string of the molecule is C.[CH2-][C@@H]1CC2(CC2)CN1C(=O)[C@@H](NC(=O)OC)C(C)C.[CH2-][C@@H]1[C@H]2CC[C@H](C2)N1C(=O)[C@@H](NC(=O)OC)C(C)C.[W+2]. The minimum absolute atomic E-state index is 0. The molecule has 0 aromatic rings. The molecule has 11 heteroatoms. The van der Waals surface area contributed by atoms with Gasteiger partial charge in [0, 0.05) is 12.6 Å². The molecule has 2 saturated carbocycles. The minimum atomic E-state index is -0.562. The summed E-state index contributed by atoms with van der Waals surface area (Å²) in [5.74, 6) is 0.518. The third kappa shape index (κ3) is 8.13. The van der Waals surface area contributed by atoms with Crippen LogP contribution in [0.3, 0.4) is 0 Å². The molecule has 0 aromatic carbocycles. The van der Waals surface area contributed by atoms with E-state index in [1.54, 1.807) is 0 Å². The van der Waals surface area contributed by atoms with Crippen LogP contribution in [0.1, 0.15) is 73.6 Å². The number of carbonyl (C=O) groups excluding carboxylic acids is 4. The van der Waals surface area contributed by atoms with Crippen molar-refractivity contribution < 1.29 is 49.7 Å². The molecule has 2 aliphatic heterocycles. The van der Waals surface area contributed by atoms with Crippen LogP contribution < -0.4 is 10.6 Å². The average molecular weight is 735 g/mol. The number of alkyl carbamates (subject to hydrolysis) is 2. The van der Waals surface area contributed by atoms with Gasteiger partial charge in [0.05, 0.1) is 14.2 Å². The molecule has 2 bridgehead atoms. The Kier molecular flexibility index (Phi) is 13.5. The summed E-state index contributed by atoms with van der Waals surface area (Å²) in [6, 6.07) is -0.690. The fourth-order valence-electron chi connectivity index (χ4n) is 6.14. The predicted molar refractivity (Wildman–Crippen MR) is 149 cm³/mol. The number of nitrogens with zero attached hydrogens (tertiary/aromatic N) is 2. The van der Waals surface area contributed by atoms with Gasteiger partial charge in [0.2, 0.25) is 11.8 Å². The maximum atomic E-state index is 12.7. The van der Waals surface area contributed by atoms with Gasteiger partial charge in [-0.2, -0.15) is 0 Å². The number of amides is 4. The first-order valence-electron chi connectivity index (χ1n) is 13.8. The number of likely N-dealkylation sites (tertiary alicyclic amines) is 2. The molecule has 1 spiro atoms. The van der Waals surface area contributed by atoms with E-state index in [9.17, 15) is 19.2 Å². The van der Waals surface area contributed by atoms with Crippen LogP contribution in [0, 0.1) is 37.0 Å². The van der Waals surface area contributed by atoms with Crippen molar-refractivity contribution in [3.63, 3.8) is 0 Å². The van der Waals surface area contributed by atoms with Crippen LogP contribution in [0.2, 0.25) is 0 Å². The number of carbonyl (C=O) groups is 4. The summed E-state index contributed by atoms with van der Waals surface area (Å²) in [5.41, 5.74) is 0.328. The number of hydrogen-bond acceptors (Lipinski definition) is 6. The van der Waals surface area contributed by atoms with Crippen molar-refractivity contribution in [2.24, 2.45) is 23.2 Å². The van der Waals surface area contributed by atoms with E-state index in [0.717, 1.165) is 25.8 Å². The molecule has 228 valence electrons. The molecular formula is C29H50N4O6W. The molecule has 0 unspecified atom stereocenters. The Balaban J connectivity index is 0.000000381. The molecule has 2 heterocycles. The van der Waals surface area contributed by atoms with E-state index >= 15 is 0 Å². The first-order chi connectivity index (χ1) is 17.8. The summed E-state index contributed by atoms with van der Waals surface area (Å²) in [5, 5.41) is 5.27. The second kappa shape index (κ2) is 14.9. The zero-order valence-corrected chi connectivity index (χ0v) is 27.2. The molecule has 40 heavy (non-hydrogen) atoms. The van der Waals surface area contributed by atoms with Crippen LogP contribution in [-0.4, -0.2) is 84.8 Å². The molecule has 2 saturated heterocycles. The Bertz CT molecular complexity index is 894. The van der Waals surface area contributed by atoms with Crippen molar-refractivity contribution in [2.75, 3.05) is 20.8 Å². The zero-order chi connectivity index (χ0) is 28.4. The van der Waals surface area contributed by atoms with Gasteiger partial charge in [-0.3, -0.25) is 9.59 Å². The van der Waals surface area contributed by atoms with Gasteiger partial charge in [0.1, 0.15) is 12.1 Å². The van der Waals surface area contributed by atoms with Gasteiger partial charge in [-0.15, -0.1) is 0 Å². The fraction of sp³-hybridized carbons (Fsp3) is 0.793. The van der Waals surface area contributed by atoms with Crippen molar-refractivity contribution in [1.29, 1.82) is 0 Å². The minimum Gasteiger partial charge on any atom is -0.453 e. The van der Waals surface area contributed by atoms with E-state index in [1.807, 2.05) is 37.5 Å². The largest absolute Gasteiger partial charge is 2.00 e. The topological polar surface area (TPSA) is 117 Å². The summed E-state index contributed by atoms with van der Waals surface area (Å²) in [6.07, 6.45) is 5.54. The zero-order valence-electron chi connectivity index (χ0n) is 24.2. The van der Waals surface area contributed by atoms with Gasteiger partial charge in [-0.25, -0.2) is 9.59 Å². The number of methoxy groups -OCH3 is 2. The van der Waals surface area contributed by atoms with Crippen molar-refractivity contribution in [1.82, 2.24) is 20.4 Å². The second-order valence-electron chi connectivity index (χ2n) is 12.1. The van der Waals surface area contributed by atoms with Gasteiger partial charge >= 0.3 is 33.3 Å². The summed E-state index contributed by atoms with van der Waals surface area (Å²) < 4.78 is 9.18. The number of fused-ring (bicyclic) bond motifs is 2. The van der Waals surface area contributed by atoms with E-state index < -0.39 is 24.3 Å². The van der Waals surface area contributed by atoms with Crippen LogP contribution in [0.4, 0.5) is 9.59 Å². The Morgan fingerprint density at radius 3 is 1.75 bits per heavy atom. The second-order valence-corrected chi connectivity index (χ2v) is 12.1. The van der Waals surface area contributed by atoms with E-state index in [2.05, 4.69) is 34.0 Å². The van der Waals surface area contributed by atoms with Crippen LogP contribution in [0.15, 0.2) is 0 Å². The first kappa shape index (κ1) is 36.2. The number of hydrogen-bond donors (Lipinski definition) is 2. The number of piperidine rings is 1. The maximum absolute atomic E-state index is 12.7. The number of nitrogens with one attached hydrogen (secondary N) is 2. The Morgan fingerprint density at radius 2 is 1.38 bits per heavy atom. The predicted octanol–water partition coefficient (Wildman–Crippen LogP) is 3.80. The van der Waals surface area contributed by atoms with Gasteiger partial charge in [0.15, 0.2) is 0 Å². The smallest absolute Gasteiger partial charge is 0.453 e. The summed E-state index contributed by atoms with van der Waals surface area (Å²) in [4.78, 5) is 51.7. The fourth-order valence-corrected chi connectivity index (χ4v) is 6.14. The van der Waals surface area contributed by atoms with Gasteiger partial charge in [-0.1, -0.05) is 53.6 Å². The average Bonchev–Trinajstić information content (AvgIpc) is 3.17. The quantitative estimate of drug-likeness (QED) is 0.402. The normalized spacial score (nSPS) is 26.6. The summed E-state index contributed by atoms with van der Waals surface area (Å²) >= 11 is 0. The van der Waals surface area contributed by atoms with Crippen LogP contribution in [0.25, 0.3) is 0 Å². The standard InChI is InChI=1S/2C14H23N2O3.CH4.W/c1-9(2)11(15-13(18)19-4)12(17)16-8-14(5-6-14)7-10(16)3;1-8(2)12(15-14(18)19-4)13(17)16-9(3)10-5-6-11(16)7-10;;/h9-11H,3,5-8H2,1-2,4H3,(H,15,18);8-12H,3,5-7H2,1-2,4H3,(H,15,18);1H4;/q2*-1;;+2/t10-,11+;9-,10+,11-,12+;;/m11../s1. The van der Waals surface area contributed by atoms with Gasteiger partial charge in [-0.05, 0) is 55.3 Å². The number of ether oxygens (including phenoxy) is 2. The van der Waals surface area contributed by atoms with E-state index in [-0.39, 0.29) is 64.2 Å². The molecule has 4 amide bonds. The molecule has 2 N–H and O–H groups in total. The molecular weight excluding hydrogens is 684 g/mol. The molecule has 4 fully saturated rings. The van der Waals surface area contributed by atoms with Crippen molar-refractivity contribution >= 4 is 24.0 Å². The third-order valence-corrected chi connectivity index (χ3v) is 8.63. The monoisotopic (exact) mass is 734 g/mol. The van der Waals surface area contributed by atoms with Crippen LogP contribution >= 0.6 is 0 Å². The van der Waals surface area contributed by atoms with Gasteiger partial charge < -0.3 is 43.8 Å². The molecule has 0 radical (unpaired) electrons. The van der Waals surface area contributed by atoms with Crippen molar-refractivity contribution in [3.05, 3.63) is 13.8 Å². The van der Waals surface area contributed by atoms with Crippen molar-refractivity contribution in [3.8, 4) is 0 Å². The van der Waals surface area contributed by atoms with E-state index in [1.165, 1.54) is 33.5 Å². The van der Waals surface area contributed by atoms with Gasteiger partial charge in [0.25, 0.3) is 0 Å². The van der Waals surface area contributed by atoms with E-state index in [0.29, 0.717) is 17.4 Å². The Morgan fingerprint density at radius 1 is 0.875 bits per heavy atom. The molecule has 0 aromatic heterocycles. The number of rotatable bonds is 6. The summed E-state index contributed by atoms with van der Waals surface area (Å²) in [6.45, 7) is 16.7. The van der Waals surface area contributed by atoms with Crippen LogP contribution in [-0.2, 0) is 40.1 Å². The first-order valence-corrected chi connectivity index (χ1v) is 13.8. The molecule has 4 rings (SSSR count). The Labute approximate surface area is 255 Å². The van der Waals surface area contributed by atoms with Crippen molar-refractivity contribution in [2.45, 2.75) is 104 Å². The summed E-state index contributed by atoms with van der Waals surface area (Å²) in [7, 11) is 2.61. The molecule has 4 aliphatic rings. The molecule has 2 aliphatic carbocycles. The third-order valence-electron chi connectivity index (χ3n) is 8.63. The molecule has 6 atom stereocenters. The van der Waals surface area contributed by atoms with Crippen LogP contribution in [0.5, 0.6) is 0 Å². The van der Waals surface area contributed by atoms with E-state index in [4.69, 9.17) is 0 Å². The molecule has 10 nitrogen and oxygen atoms in total. The Hall–Kier alpha value is -1.83. The maximum Gasteiger partial charge on any atom is 2.00 e.